The summed E-state index contributed by atoms with van der Waals surface area (Å²) in [6, 6.07) is 0. The Morgan fingerprint density at radius 3 is 2.11 bits per heavy atom. The van der Waals surface area contributed by atoms with Gasteiger partial charge in [-0.2, -0.15) is 0 Å². The number of carbonyl (C=O) groups is 5. The van der Waals surface area contributed by atoms with Crippen LogP contribution in [0.2, 0.25) is 0 Å². The maximum atomic E-state index is 14.4. The van der Waals surface area contributed by atoms with Crippen LogP contribution in [0.25, 0.3) is 0 Å². The van der Waals surface area contributed by atoms with E-state index in [1.165, 1.54) is 21.0 Å². The third-order valence-electron chi connectivity index (χ3n) is 11.3. The van der Waals surface area contributed by atoms with E-state index in [9.17, 15) is 24.0 Å². The molecule has 38 heavy (non-hydrogen) atoms. The van der Waals surface area contributed by atoms with Crippen LogP contribution in [-0.2, 0) is 47.7 Å². The highest BCUT2D eigenvalue weighted by molar-refractivity contribution is 5.95. The SMILES string of the molecule is COC(=O)[C@@H]1OC(=O)C2OC23[C@@]1(C)CCC1[C@]2(C)C(CC(=O)[C@]13C)C(C)(C)[C@H](OC(C)=O)C[C@@H]2OC(C)=O. The van der Waals surface area contributed by atoms with E-state index in [2.05, 4.69) is 6.92 Å². The molecule has 10 heteroatoms. The second-order valence-electron chi connectivity index (χ2n) is 13.1. The summed E-state index contributed by atoms with van der Waals surface area (Å²) in [4.78, 5) is 64.6. The molecule has 2 saturated heterocycles. The molecule has 10 atom stereocenters. The highest BCUT2D eigenvalue weighted by Crippen LogP contribution is 2.78. The van der Waals surface area contributed by atoms with Gasteiger partial charge in [-0.25, -0.2) is 9.59 Å². The first-order valence-electron chi connectivity index (χ1n) is 13.4. The Morgan fingerprint density at radius 2 is 1.53 bits per heavy atom. The first-order chi connectivity index (χ1) is 17.5. The summed E-state index contributed by atoms with van der Waals surface area (Å²) in [5.74, 6) is -2.94. The molecule has 0 aromatic carbocycles. The summed E-state index contributed by atoms with van der Waals surface area (Å²) in [7, 11) is 1.24. The Kier molecular flexibility index (Phi) is 5.72. The van der Waals surface area contributed by atoms with E-state index in [-0.39, 0.29) is 24.0 Å². The van der Waals surface area contributed by atoms with Crippen molar-refractivity contribution >= 4 is 29.7 Å². The second kappa shape index (κ2) is 8.02. The average molecular weight is 535 g/mol. The first kappa shape index (κ1) is 27.1. The van der Waals surface area contributed by atoms with Gasteiger partial charge in [0.25, 0.3) is 0 Å². The summed E-state index contributed by atoms with van der Waals surface area (Å²) in [5, 5.41) is 0. The smallest absolute Gasteiger partial charge is 0.347 e. The summed E-state index contributed by atoms with van der Waals surface area (Å²) in [6.45, 7) is 12.4. The lowest BCUT2D eigenvalue weighted by Gasteiger charge is -2.69. The number of Topliss-reactive ketones (excluding diaryl/α,β-unsaturated/α-hetero) is 1. The molecule has 210 valence electrons. The highest BCUT2D eigenvalue weighted by atomic mass is 16.7. The summed E-state index contributed by atoms with van der Waals surface area (Å²) in [6.07, 6.45) is -1.99. The number of carbonyl (C=O) groups excluding carboxylic acids is 5. The third-order valence-corrected chi connectivity index (χ3v) is 11.3. The van der Waals surface area contributed by atoms with Crippen molar-refractivity contribution < 1.29 is 47.7 Å². The number of fused-ring (bicyclic) bond motifs is 3. The van der Waals surface area contributed by atoms with Crippen LogP contribution in [0.3, 0.4) is 0 Å². The number of epoxide rings is 1. The van der Waals surface area contributed by atoms with Gasteiger partial charge in [-0.05, 0) is 31.6 Å². The average Bonchev–Trinajstić information content (AvgIpc) is 3.59. The maximum Gasteiger partial charge on any atom is 0.347 e. The fourth-order valence-electron chi connectivity index (χ4n) is 9.47. The molecule has 2 aliphatic heterocycles. The maximum absolute atomic E-state index is 14.4. The molecule has 0 bridgehead atoms. The Labute approximate surface area is 222 Å². The predicted octanol–water partition coefficient (Wildman–Crippen LogP) is 2.53. The van der Waals surface area contributed by atoms with Crippen LogP contribution < -0.4 is 0 Å². The predicted molar refractivity (Wildman–Crippen MR) is 129 cm³/mol. The lowest BCUT2D eigenvalue weighted by Crippen LogP contribution is -2.76. The topological polar surface area (TPSA) is 135 Å². The second-order valence-corrected chi connectivity index (χ2v) is 13.1. The van der Waals surface area contributed by atoms with Crippen molar-refractivity contribution in [1.82, 2.24) is 0 Å². The number of ether oxygens (including phenoxy) is 5. The Morgan fingerprint density at radius 1 is 0.921 bits per heavy atom. The third kappa shape index (κ3) is 3.01. The van der Waals surface area contributed by atoms with E-state index in [1.807, 2.05) is 27.7 Å². The summed E-state index contributed by atoms with van der Waals surface area (Å²) < 4.78 is 28.5. The standard InChI is InChI=1S/C28H38O10/c1-13(29)35-18-12-19(36-14(2)30)26(6)15-9-10-25(5)20(22(32)34-8)37-23(33)21-28(25,38-21)27(15,7)17(31)11-16(26)24(18,3)4/h15-16,18-21H,9-12H2,1-8H3/t15?,16?,18-,19+,20+,21?,25+,26-,27+,28?/m1/s1. The molecular formula is C28H38O10. The van der Waals surface area contributed by atoms with E-state index in [0.29, 0.717) is 19.3 Å². The molecule has 2 heterocycles. The zero-order chi connectivity index (χ0) is 28.2. The number of hydrogen-bond donors (Lipinski definition) is 0. The molecule has 5 fully saturated rings. The Bertz CT molecular complexity index is 1130. The number of hydrogen-bond acceptors (Lipinski definition) is 10. The fourth-order valence-corrected chi connectivity index (χ4v) is 9.47. The van der Waals surface area contributed by atoms with Crippen LogP contribution in [0.1, 0.15) is 74.1 Å². The van der Waals surface area contributed by atoms with Gasteiger partial charge >= 0.3 is 23.9 Å². The molecule has 5 rings (SSSR count). The van der Waals surface area contributed by atoms with Gasteiger partial charge in [0.05, 0.1) is 12.5 Å². The first-order valence-corrected chi connectivity index (χ1v) is 13.4. The van der Waals surface area contributed by atoms with Crippen molar-refractivity contribution in [3.8, 4) is 0 Å². The highest BCUT2D eigenvalue weighted by Gasteiger charge is 2.89. The monoisotopic (exact) mass is 534 g/mol. The summed E-state index contributed by atoms with van der Waals surface area (Å²) >= 11 is 0. The molecule has 0 radical (unpaired) electrons. The molecule has 5 aliphatic rings. The molecule has 0 amide bonds. The van der Waals surface area contributed by atoms with Gasteiger partial charge in [-0.15, -0.1) is 0 Å². The lowest BCUT2D eigenvalue weighted by atomic mass is 9.34. The number of methoxy groups -OCH3 is 1. The summed E-state index contributed by atoms with van der Waals surface area (Å²) in [5.41, 5.74) is -4.70. The van der Waals surface area contributed by atoms with Crippen molar-refractivity contribution in [2.45, 2.75) is 104 Å². The normalized spacial score (nSPS) is 48.2. The van der Waals surface area contributed by atoms with Crippen LogP contribution in [0.4, 0.5) is 0 Å². The number of ketones is 1. The molecule has 10 nitrogen and oxygen atoms in total. The van der Waals surface area contributed by atoms with Gasteiger partial charge in [-0.3, -0.25) is 14.4 Å². The van der Waals surface area contributed by atoms with E-state index in [0.717, 1.165) is 0 Å². The molecule has 3 aliphatic carbocycles. The van der Waals surface area contributed by atoms with E-state index in [4.69, 9.17) is 23.7 Å². The fraction of sp³-hybridized carbons (Fsp3) is 0.821. The molecule has 0 aromatic rings. The molecule has 1 spiro atoms. The van der Waals surface area contributed by atoms with E-state index >= 15 is 0 Å². The zero-order valence-corrected chi connectivity index (χ0v) is 23.4. The van der Waals surface area contributed by atoms with Crippen LogP contribution in [0, 0.1) is 33.5 Å². The van der Waals surface area contributed by atoms with Crippen LogP contribution in [-0.4, -0.2) is 66.8 Å². The Hall–Kier alpha value is -2.49. The minimum Gasteiger partial charge on any atom is -0.466 e. The molecule has 3 saturated carbocycles. The van der Waals surface area contributed by atoms with Crippen LogP contribution in [0.15, 0.2) is 0 Å². The molecule has 4 unspecified atom stereocenters. The van der Waals surface area contributed by atoms with Gasteiger partial charge in [0.15, 0.2) is 6.10 Å². The quantitative estimate of drug-likeness (QED) is 0.302. The van der Waals surface area contributed by atoms with Crippen molar-refractivity contribution in [3.05, 3.63) is 0 Å². The van der Waals surface area contributed by atoms with Crippen molar-refractivity contribution in [2.75, 3.05) is 7.11 Å². The van der Waals surface area contributed by atoms with Crippen molar-refractivity contribution in [2.24, 2.45) is 33.5 Å². The van der Waals surface area contributed by atoms with Crippen molar-refractivity contribution in [3.63, 3.8) is 0 Å². The van der Waals surface area contributed by atoms with Gasteiger partial charge in [0.2, 0.25) is 6.10 Å². The Balaban J connectivity index is 1.66. The van der Waals surface area contributed by atoms with Gasteiger partial charge in [0.1, 0.15) is 23.6 Å². The minimum absolute atomic E-state index is 0.0742. The van der Waals surface area contributed by atoms with Gasteiger partial charge in [0, 0.05) is 42.9 Å². The van der Waals surface area contributed by atoms with Gasteiger partial charge < -0.3 is 23.7 Å². The minimum atomic E-state index is -1.25. The molecular weight excluding hydrogens is 496 g/mol. The van der Waals surface area contributed by atoms with Crippen LogP contribution >= 0.6 is 0 Å². The zero-order valence-electron chi connectivity index (χ0n) is 23.4. The van der Waals surface area contributed by atoms with Crippen LogP contribution in [0.5, 0.6) is 0 Å². The van der Waals surface area contributed by atoms with Gasteiger partial charge in [-0.1, -0.05) is 27.7 Å². The number of cyclic esters (lactones) is 1. The van der Waals surface area contributed by atoms with E-state index in [1.54, 1.807) is 0 Å². The number of esters is 4. The largest absolute Gasteiger partial charge is 0.466 e. The van der Waals surface area contributed by atoms with E-state index < -0.39 is 75.6 Å². The lowest BCUT2D eigenvalue weighted by molar-refractivity contribution is -0.259. The number of rotatable bonds is 3. The van der Waals surface area contributed by atoms with Crippen molar-refractivity contribution in [1.29, 1.82) is 0 Å². The molecule has 0 N–H and O–H groups in total. The molecule has 0 aromatic heterocycles.